The largest absolute Gasteiger partial charge is 0.496 e. The van der Waals surface area contributed by atoms with Gasteiger partial charge in [0, 0.05) is 5.56 Å². The molecular weight excluding hydrogens is 312 g/mol. The molecular formula is C20H18N4O. The Morgan fingerprint density at radius 2 is 1.84 bits per heavy atom. The van der Waals surface area contributed by atoms with E-state index < -0.39 is 0 Å². The number of nitriles is 1. The highest BCUT2D eigenvalue weighted by molar-refractivity contribution is 5.82. The van der Waals surface area contributed by atoms with Crippen molar-refractivity contribution in [1.29, 1.82) is 5.26 Å². The maximum atomic E-state index is 9.56. The second-order valence-electron chi connectivity index (χ2n) is 5.51. The Balaban J connectivity index is 2.11. The summed E-state index contributed by atoms with van der Waals surface area (Å²) in [7, 11) is 1.61. The van der Waals surface area contributed by atoms with Crippen LogP contribution in [0.1, 0.15) is 22.5 Å². The summed E-state index contributed by atoms with van der Waals surface area (Å²) >= 11 is 0. The molecule has 0 spiro atoms. The standard InChI is InChI=1S/C20H18N4O/c1-14-17(13-21)20(23-24(14)16-9-4-3-5-10-16)18(22)12-15-8-6-7-11-19(15)25-2/h3-12H,22H2,1-2H3/b18-12-. The van der Waals surface area contributed by atoms with Gasteiger partial charge in [0.1, 0.15) is 23.1 Å². The summed E-state index contributed by atoms with van der Waals surface area (Å²) in [5.74, 6) is 0.711. The second kappa shape index (κ2) is 6.93. The van der Waals surface area contributed by atoms with Crippen molar-refractivity contribution in [1.82, 2.24) is 9.78 Å². The van der Waals surface area contributed by atoms with Crippen molar-refractivity contribution >= 4 is 11.8 Å². The molecule has 2 N–H and O–H groups in total. The first-order chi connectivity index (χ1) is 12.2. The van der Waals surface area contributed by atoms with E-state index in [4.69, 9.17) is 10.5 Å². The number of benzene rings is 2. The van der Waals surface area contributed by atoms with Crippen LogP contribution < -0.4 is 10.5 Å². The van der Waals surface area contributed by atoms with E-state index in [-0.39, 0.29) is 0 Å². The zero-order valence-electron chi connectivity index (χ0n) is 14.1. The SMILES string of the molecule is COc1ccccc1/C=C(\N)c1nn(-c2ccccc2)c(C)c1C#N. The number of hydrogen-bond acceptors (Lipinski definition) is 4. The number of nitrogens with two attached hydrogens (primary N) is 1. The lowest BCUT2D eigenvalue weighted by atomic mass is 10.1. The average molecular weight is 330 g/mol. The first kappa shape index (κ1) is 16.3. The van der Waals surface area contributed by atoms with Gasteiger partial charge in [-0.2, -0.15) is 10.4 Å². The lowest BCUT2D eigenvalue weighted by molar-refractivity contribution is 0.414. The van der Waals surface area contributed by atoms with Crippen molar-refractivity contribution in [3.8, 4) is 17.5 Å². The molecule has 1 aromatic heterocycles. The van der Waals surface area contributed by atoms with E-state index >= 15 is 0 Å². The Labute approximate surface area is 146 Å². The van der Waals surface area contributed by atoms with E-state index in [2.05, 4.69) is 11.2 Å². The predicted octanol–water partition coefficient (Wildman–Crippen LogP) is 3.52. The molecule has 0 radical (unpaired) electrons. The molecule has 0 aliphatic carbocycles. The number of methoxy groups -OCH3 is 1. The van der Waals surface area contributed by atoms with Crippen molar-refractivity contribution in [2.75, 3.05) is 7.11 Å². The van der Waals surface area contributed by atoms with Gasteiger partial charge in [-0.3, -0.25) is 0 Å². The lowest BCUT2D eigenvalue weighted by Gasteiger charge is -2.05. The summed E-state index contributed by atoms with van der Waals surface area (Å²) in [5, 5.41) is 14.1. The van der Waals surface area contributed by atoms with Gasteiger partial charge in [-0.1, -0.05) is 36.4 Å². The van der Waals surface area contributed by atoms with Crippen LogP contribution >= 0.6 is 0 Å². The summed E-state index contributed by atoms with van der Waals surface area (Å²) in [6.07, 6.45) is 1.77. The van der Waals surface area contributed by atoms with Crippen LogP contribution in [0.5, 0.6) is 5.75 Å². The van der Waals surface area contributed by atoms with Gasteiger partial charge in [-0.25, -0.2) is 4.68 Å². The number of rotatable bonds is 4. The fraction of sp³-hybridized carbons (Fsp3) is 0.100. The molecule has 0 bridgehead atoms. The van der Waals surface area contributed by atoms with Crippen LogP contribution in [0, 0.1) is 18.3 Å². The van der Waals surface area contributed by atoms with Crippen LogP contribution in [-0.2, 0) is 0 Å². The summed E-state index contributed by atoms with van der Waals surface area (Å²) in [6.45, 7) is 1.86. The van der Waals surface area contributed by atoms with E-state index in [1.54, 1.807) is 17.9 Å². The van der Waals surface area contributed by atoms with E-state index in [0.717, 1.165) is 16.9 Å². The number of para-hydroxylation sites is 2. The zero-order chi connectivity index (χ0) is 17.8. The van der Waals surface area contributed by atoms with Gasteiger partial charge in [-0.15, -0.1) is 0 Å². The minimum absolute atomic E-state index is 0.416. The fourth-order valence-corrected chi connectivity index (χ4v) is 2.68. The number of nitrogens with zero attached hydrogens (tertiary/aromatic N) is 3. The number of hydrogen-bond donors (Lipinski definition) is 1. The monoisotopic (exact) mass is 330 g/mol. The van der Waals surface area contributed by atoms with Crippen molar-refractivity contribution < 1.29 is 4.74 Å². The molecule has 0 atom stereocenters. The van der Waals surface area contributed by atoms with Crippen molar-refractivity contribution in [2.45, 2.75) is 6.92 Å². The molecule has 3 rings (SSSR count). The minimum Gasteiger partial charge on any atom is -0.496 e. The third-order valence-corrected chi connectivity index (χ3v) is 3.95. The molecule has 1 heterocycles. The molecule has 0 saturated heterocycles. The number of ether oxygens (including phenoxy) is 1. The van der Waals surface area contributed by atoms with Gasteiger partial charge in [0.2, 0.25) is 0 Å². The maximum absolute atomic E-state index is 9.56. The number of aromatic nitrogens is 2. The minimum atomic E-state index is 0.416. The third kappa shape index (κ3) is 3.10. The van der Waals surface area contributed by atoms with E-state index in [1.807, 2.05) is 61.5 Å². The fourth-order valence-electron chi connectivity index (χ4n) is 2.68. The molecule has 25 heavy (non-hydrogen) atoms. The molecule has 0 unspecified atom stereocenters. The molecule has 2 aromatic carbocycles. The van der Waals surface area contributed by atoms with Crippen molar-refractivity contribution in [3.05, 3.63) is 77.1 Å². The quantitative estimate of drug-likeness (QED) is 0.794. The van der Waals surface area contributed by atoms with Crippen LogP contribution in [0.4, 0.5) is 0 Å². The second-order valence-corrected chi connectivity index (χ2v) is 5.51. The molecule has 0 aliphatic rings. The van der Waals surface area contributed by atoms with Crippen LogP contribution in [0.3, 0.4) is 0 Å². The molecule has 0 aliphatic heterocycles. The van der Waals surface area contributed by atoms with Crippen molar-refractivity contribution in [2.24, 2.45) is 5.73 Å². The van der Waals surface area contributed by atoms with Gasteiger partial charge in [0.05, 0.1) is 24.2 Å². The highest BCUT2D eigenvalue weighted by Crippen LogP contribution is 2.25. The Kier molecular flexibility index (Phi) is 4.53. The molecule has 0 amide bonds. The predicted molar refractivity (Wildman–Crippen MR) is 98.1 cm³/mol. The van der Waals surface area contributed by atoms with Crippen LogP contribution in [0.25, 0.3) is 17.5 Å². The molecule has 0 saturated carbocycles. The summed E-state index contributed by atoms with van der Waals surface area (Å²) in [4.78, 5) is 0. The third-order valence-electron chi connectivity index (χ3n) is 3.95. The van der Waals surface area contributed by atoms with E-state index in [0.29, 0.717) is 22.7 Å². The summed E-state index contributed by atoms with van der Waals surface area (Å²) in [5.41, 5.74) is 10.1. The summed E-state index contributed by atoms with van der Waals surface area (Å²) in [6, 6.07) is 19.4. The van der Waals surface area contributed by atoms with E-state index in [1.165, 1.54) is 0 Å². The van der Waals surface area contributed by atoms with E-state index in [9.17, 15) is 5.26 Å². The average Bonchev–Trinajstić information content (AvgIpc) is 2.99. The molecule has 3 aromatic rings. The smallest absolute Gasteiger partial charge is 0.126 e. The highest BCUT2D eigenvalue weighted by Gasteiger charge is 2.17. The first-order valence-electron chi connectivity index (χ1n) is 7.81. The van der Waals surface area contributed by atoms with Gasteiger partial charge < -0.3 is 10.5 Å². The Bertz CT molecular complexity index is 965. The molecule has 5 nitrogen and oxygen atoms in total. The highest BCUT2D eigenvalue weighted by atomic mass is 16.5. The maximum Gasteiger partial charge on any atom is 0.126 e. The Morgan fingerprint density at radius 1 is 1.16 bits per heavy atom. The van der Waals surface area contributed by atoms with Gasteiger partial charge in [0.25, 0.3) is 0 Å². The molecule has 0 fully saturated rings. The zero-order valence-corrected chi connectivity index (χ0v) is 14.1. The Hall–Kier alpha value is -3.52. The Morgan fingerprint density at radius 3 is 2.52 bits per heavy atom. The molecule has 124 valence electrons. The van der Waals surface area contributed by atoms with Gasteiger partial charge in [-0.05, 0) is 31.2 Å². The normalized spacial score (nSPS) is 11.2. The van der Waals surface area contributed by atoms with Gasteiger partial charge >= 0.3 is 0 Å². The first-order valence-corrected chi connectivity index (χ1v) is 7.81. The van der Waals surface area contributed by atoms with Crippen LogP contribution in [0.2, 0.25) is 0 Å². The topological polar surface area (TPSA) is 76.9 Å². The van der Waals surface area contributed by atoms with Gasteiger partial charge in [0.15, 0.2) is 0 Å². The van der Waals surface area contributed by atoms with Crippen LogP contribution in [-0.4, -0.2) is 16.9 Å². The lowest BCUT2D eigenvalue weighted by Crippen LogP contribution is -2.02. The van der Waals surface area contributed by atoms with Crippen LogP contribution in [0.15, 0.2) is 54.6 Å². The summed E-state index contributed by atoms with van der Waals surface area (Å²) < 4.78 is 7.08. The van der Waals surface area contributed by atoms with Crippen molar-refractivity contribution in [3.63, 3.8) is 0 Å². The molecule has 5 heteroatoms.